The molecule has 2 nitrogen and oxygen atoms in total. The molecular formula is C12H13FN2S2. The van der Waals surface area contributed by atoms with Crippen molar-refractivity contribution in [2.75, 3.05) is 7.05 Å². The summed E-state index contributed by atoms with van der Waals surface area (Å²) < 4.78 is 12.7. The van der Waals surface area contributed by atoms with Crippen LogP contribution in [0.25, 0.3) is 0 Å². The standard InChI is InChI=1S/C12H13FN2S2/c1-14-6-10-7-17-12(15-10)8-16-11-4-2-9(13)3-5-11/h2-5,7,14H,6,8H2,1H3. The van der Waals surface area contributed by atoms with Gasteiger partial charge in [0.2, 0.25) is 0 Å². The van der Waals surface area contributed by atoms with Gasteiger partial charge in [-0.3, -0.25) is 0 Å². The van der Waals surface area contributed by atoms with E-state index in [-0.39, 0.29) is 5.82 Å². The average Bonchev–Trinajstić information content (AvgIpc) is 2.77. The molecule has 0 aliphatic rings. The van der Waals surface area contributed by atoms with Crippen LogP contribution in [0.2, 0.25) is 0 Å². The van der Waals surface area contributed by atoms with Crippen LogP contribution in [0.5, 0.6) is 0 Å². The van der Waals surface area contributed by atoms with Crippen LogP contribution < -0.4 is 5.32 Å². The minimum absolute atomic E-state index is 0.195. The van der Waals surface area contributed by atoms with E-state index in [1.807, 2.05) is 7.05 Å². The first kappa shape index (κ1) is 12.5. The molecule has 0 fully saturated rings. The number of thioether (sulfide) groups is 1. The van der Waals surface area contributed by atoms with Gasteiger partial charge in [-0.1, -0.05) is 0 Å². The number of thiazole rings is 1. The van der Waals surface area contributed by atoms with Crippen molar-refractivity contribution < 1.29 is 4.39 Å². The smallest absolute Gasteiger partial charge is 0.123 e. The summed E-state index contributed by atoms with van der Waals surface area (Å²) in [5.74, 6) is 0.639. The van der Waals surface area contributed by atoms with Crippen LogP contribution in [0.3, 0.4) is 0 Å². The largest absolute Gasteiger partial charge is 0.314 e. The van der Waals surface area contributed by atoms with Crippen molar-refractivity contribution in [2.24, 2.45) is 0 Å². The lowest BCUT2D eigenvalue weighted by Gasteiger charge is -1.98. The third-order valence-electron chi connectivity index (χ3n) is 2.13. The summed E-state index contributed by atoms with van der Waals surface area (Å²) in [7, 11) is 1.91. The van der Waals surface area contributed by atoms with Crippen LogP contribution in [-0.4, -0.2) is 12.0 Å². The second kappa shape index (κ2) is 6.14. The molecule has 0 aliphatic carbocycles. The van der Waals surface area contributed by atoms with Gasteiger partial charge in [0.1, 0.15) is 10.8 Å². The summed E-state index contributed by atoms with van der Waals surface area (Å²) in [6.07, 6.45) is 0. The molecule has 0 radical (unpaired) electrons. The van der Waals surface area contributed by atoms with E-state index in [2.05, 4.69) is 15.7 Å². The number of nitrogens with zero attached hydrogens (tertiary/aromatic N) is 1. The molecule has 5 heteroatoms. The Morgan fingerprint density at radius 3 is 2.82 bits per heavy atom. The van der Waals surface area contributed by atoms with E-state index in [4.69, 9.17) is 0 Å². The van der Waals surface area contributed by atoms with Crippen molar-refractivity contribution in [3.8, 4) is 0 Å². The Morgan fingerprint density at radius 1 is 1.35 bits per heavy atom. The number of rotatable bonds is 5. The van der Waals surface area contributed by atoms with Gasteiger partial charge in [-0.2, -0.15) is 0 Å². The first-order valence-corrected chi connectivity index (χ1v) is 7.10. The molecule has 1 aromatic heterocycles. The summed E-state index contributed by atoms with van der Waals surface area (Å²) in [5.41, 5.74) is 1.08. The van der Waals surface area contributed by atoms with Gasteiger partial charge in [-0.25, -0.2) is 9.37 Å². The summed E-state index contributed by atoms with van der Waals surface area (Å²) in [6.45, 7) is 0.803. The fourth-order valence-electron chi connectivity index (χ4n) is 1.35. The van der Waals surface area contributed by atoms with Crippen molar-refractivity contribution in [3.05, 3.63) is 46.2 Å². The molecule has 17 heavy (non-hydrogen) atoms. The molecule has 0 aliphatic heterocycles. The molecular weight excluding hydrogens is 255 g/mol. The Bertz CT molecular complexity index is 468. The molecule has 0 saturated carbocycles. The Morgan fingerprint density at radius 2 is 2.12 bits per heavy atom. The highest BCUT2D eigenvalue weighted by Crippen LogP contribution is 2.24. The SMILES string of the molecule is CNCc1csc(CSc2ccc(F)cc2)n1. The second-order valence-corrected chi connectivity index (χ2v) is 5.50. The Labute approximate surface area is 108 Å². The molecule has 2 rings (SSSR count). The number of nitrogens with one attached hydrogen (secondary N) is 1. The van der Waals surface area contributed by atoms with Crippen molar-refractivity contribution in [2.45, 2.75) is 17.2 Å². The van der Waals surface area contributed by atoms with Crippen LogP contribution >= 0.6 is 23.1 Å². The van der Waals surface area contributed by atoms with E-state index >= 15 is 0 Å². The van der Waals surface area contributed by atoms with Crippen LogP contribution in [0.1, 0.15) is 10.7 Å². The van der Waals surface area contributed by atoms with Crippen molar-refractivity contribution in [3.63, 3.8) is 0 Å². The number of halogens is 1. The number of hydrogen-bond donors (Lipinski definition) is 1. The van der Waals surface area contributed by atoms with Gasteiger partial charge in [0.25, 0.3) is 0 Å². The van der Waals surface area contributed by atoms with E-state index in [0.29, 0.717) is 0 Å². The third-order valence-corrected chi connectivity index (χ3v) is 4.24. The van der Waals surface area contributed by atoms with Gasteiger partial charge in [-0.15, -0.1) is 23.1 Å². The summed E-state index contributed by atoms with van der Waals surface area (Å²) in [5, 5.41) is 6.24. The third kappa shape index (κ3) is 3.80. The van der Waals surface area contributed by atoms with E-state index in [0.717, 1.165) is 27.9 Å². The lowest BCUT2D eigenvalue weighted by atomic mass is 10.4. The molecule has 0 bridgehead atoms. The molecule has 1 aromatic carbocycles. The van der Waals surface area contributed by atoms with Crippen molar-refractivity contribution >= 4 is 23.1 Å². The van der Waals surface area contributed by atoms with Crippen LogP contribution in [0, 0.1) is 5.82 Å². The van der Waals surface area contributed by atoms with Gasteiger partial charge >= 0.3 is 0 Å². The van der Waals surface area contributed by atoms with Gasteiger partial charge < -0.3 is 5.32 Å². The highest BCUT2D eigenvalue weighted by Gasteiger charge is 2.02. The van der Waals surface area contributed by atoms with Crippen LogP contribution in [0.15, 0.2) is 34.5 Å². The maximum atomic E-state index is 12.7. The minimum Gasteiger partial charge on any atom is -0.314 e. The first-order chi connectivity index (χ1) is 8.28. The Balaban J connectivity index is 1.90. The van der Waals surface area contributed by atoms with Gasteiger partial charge in [0.15, 0.2) is 0 Å². The predicted octanol–water partition coefficient (Wildman–Crippen LogP) is 3.29. The van der Waals surface area contributed by atoms with E-state index in [9.17, 15) is 4.39 Å². The Hall–Kier alpha value is -0.910. The molecule has 90 valence electrons. The molecule has 2 aromatic rings. The number of aromatic nitrogens is 1. The maximum Gasteiger partial charge on any atom is 0.123 e. The molecule has 0 unspecified atom stereocenters. The number of benzene rings is 1. The van der Waals surface area contributed by atoms with E-state index < -0.39 is 0 Å². The molecule has 0 spiro atoms. The van der Waals surface area contributed by atoms with Crippen molar-refractivity contribution in [1.29, 1.82) is 0 Å². The second-order valence-electron chi connectivity index (χ2n) is 3.51. The normalized spacial score (nSPS) is 10.7. The van der Waals surface area contributed by atoms with E-state index in [1.54, 1.807) is 35.2 Å². The lowest BCUT2D eigenvalue weighted by Crippen LogP contribution is -2.05. The maximum absolute atomic E-state index is 12.7. The quantitative estimate of drug-likeness (QED) is 0.842. The number of hydrogen-bond acceptors (Lipinski definition) is 4. The summed E-state index contributed by atoms with van der Waals surface area (Å²) >= 11 is 3.34. The monoisotopic (exact) mass is 268 g/mol. The zero-order valence-corrected chi connectivity index (χ0v) is 11.1. The minimum atomic E-state index is -0.195. The highest BCUT2D eigenvalue weighted by molar-refractivity contribution is 7.98. The highest BCUT2D eigenvalue weighted by atomic mass is 32.2. The van der Waals surface area contributed by atoms with Crippen LogP contribution in [0.4, 0.5) is 4.39 Å². The zero-order valence-electron chi connectivity index (χ0n) is 9.44. The van der Waals surface area contributed by atoms with Gasteiger partial charge in [0, 0.05) is 16.8 Å². The first-order valence-electron chi connectivity index (χ1n) is 5.24. The predicted molar refractivity (Wildman–Crippen MR) is 70.8 cm³/mol. The van der Waals surface area contributed by atoms with Crippen molar-refractivity contribution in [1.82, 2.24) is 10.3 Å². The summed E-state index contributed by atoms with van der Waals surface area (Å²) in [4.78, 5) is 5.56. The lowest BCUT2D eigenvalue weighted by molar-refractivity contribution is 0.626. The van der Waals surface area contributed by atoms with E-state index in [1.165, 1.54) is 12.1 Å². The molecule has 0 saturated heterocycles. The molecule has 1 heterocycles. The topological polar surface area (TPSA) is 24.9 Å². The Kier molecular flexibility index (Phi) is 4.53. The zero-order chi connectivity index (χ0) is 12.1. The fraction of sp³-hybridized carbons (Fsp3) is 0.250. The average molecular weight is 268 g/mol. The fourth-order valence-corrected chi connectivity index (χ4v) is 3.06. The molecule has 0 amide bonds. The van der Waals surface area contributed by atoms with Crippen LogP contribution in [-0.2, 0) is 12.3 Å². The summed E-state index contributed by atoms with van der Waals surface area (Å²) in [6, 6.07) is 6.55. The molecule has 1 N–H and O–H groups in total. The molecule has 0 atom stereocenters. The van der Waals surface area contributed by atoms with Gasteiger partial charge in [0.05, 0.1) is 11.4 Å². The van der Waals surface area contributed by atoms with Gasteiger partial charge in [-0.05, 0) is 31.3 Å².